The number of benzene rings is 1. The second kappa shape index (κ2) is 5.73. The summed E-state index contributed by atoms with van der Waals surface area (Å²) in [6.07, 6.45) is -3.28. The van der Waals surface area contributed by atoms with Gasteiger partial charge in [0.15, 0.2) is 9.84 Å². The third kappa shape index (κ3) is 3.73. The van der Waals surface area contributed by atoms with Gasteiger partial charge in [0, 0.05) is 0 Å². The lowest BCUT2D eigenvalue weighted by atomic mass is 10.1. The first kappa shape index (κ1) is 15.3. The zero-order valence-corrected chi connectivity index (χ0v) is 11.6. The molecule has 1 saturated heterocycles. The highest BCUT2D eigenvalue weighted by atomic mass is 32.2. The highest BCUT2D eigenvalue weighted by molar-refractivity contribution is 7.91. The van der Waals surface area contributed by atoms with Crippen molar-refractivity contribution in [2.24, 2.45) is 0 Å². The van der Waals surface area contributed by atoms with E-state index in [9.17, 15) is 21.6 Å². The normalized spacial score (nSPS) is 18.1. The quantitative estimate of drug-likeness (QED) is 0.932. The van der Waals surface area contributed by atoms with E-state index in [4.69, 9.17) is 0 Å². The van der Waals surface area contributed by atoms with Crippen LogP contribution in [0.5, 0.6) is 0 Å². The molecule has 1 aliphatic rings. The summed E-state index contributed by atoms with van der Waals surface area (Å²) in [4.78, 5) is 0. The molecule has 0 radical (unpaired) electrons. The standard InChI is InChI=1S/C13H16F3NO2S/c14-13(15,16)11-3-1-10(2-4-11)9-20(18,19)12-5-7-17-8-6-12/h1-4,12,17H,5-9H2. The fourth-order valence-electron chi connectivity index (χ4n) is 2.29. The number of halogens is 3. The Morgan fingerprint density at radius 1 is 1.10 bits per heavy atom. The summed E-state index contributed by atoms with van der Waals surface area (Å²) in [7, 11) is -3.31. The average Bonchev–Trinajstić information content (AvgIpc) is 2.39. The maximum atomic E-state index is 12.4. The number of alkyl halides is 3. The zero-order valence-electron chi connectivity index (χ0n) is 10.8. The molecular formula is C13H16F3NO2S. The molecule has 112 valence electrons. The van der Waals surface area contributed by atoms with Crippen molar-refractivity contribution in [2.75, 3.05) is 13.1 Å². The topological polar surface area (TPSA) is 46.2 Å². The Balaban J connectivity index is 2.09. The van der Waals surface area contributed by atoms with Gasteiger partial charge in [-0.2, -0.15) is 13.2 Å². The maximum Gasteiger partial charge on any atom is 0.416 e. The highest BCUT2D eigenvalue weighted by Gasteiger charge is 2.31. The molecule has 0 unspecified atom stereocenters. The van der Waals surface area contributed by atoms with Crippen LogP contribution in [-0.2, 0) is 21.8 Å². The predicted octanol–water partition coefficient (Wildman–Crippen LogP) is 2.37. The van der Waals surface area contributed by atoms with E-state index in [0.717, 1.165) is 12.1 Å². The van der Waals surface area contributed by atoms with Crippen molar-refractivity contribution in [3.8, 4) is 0 Å². The second-order valence-electron chi connectivity index (χ2n) is 4.95. The Labute approximate surface area is 116 Å². The molecule has 3 nitrogen and oxygen atoms in total. The molecule has 0 atom stereocenters. The van der Waals surface area contributed by atoms with Gasteiger partial charge in [0.25, 0.3) is 0 Å². The molecule has 0 aliphatic carbocycles. The molecule has 1 aromatic carbocycles. The van der Waals surface area contributed by atoms with Crippen LogP contribution < -0.4 is 5.32 Å². The molecule has 1 aromatic rings. The van der Waals surface area contributed by atoms with Crippen molar-refractivity contribution in [3.05, 3.63) is 35.4 Å². The Morgan fingerprint density at radius 3 is 2.15 bits per heavy atom. The molecular weight excluding hydrogens is 291 g/mol. The van der Waals surface area contributed by atoms with Crippen molar-refractivity contribution < 1.29 is 21.6 Å². The van der Waals surface area contributed by atoms with Gasteiger partial charge >= 0.3 is 6.18 Å². The molecule has 0 aromatic heterocycles. The van der Waals surface area contributed by atoms with E-state index < -0.39 is 26.8 Å². The maximum absolute atomic E-state index is 12.4. The van der Waals surface area contributed by atoms with Crippen molar-refractivity contribution in [1.29, 1.82) is 0 Å². The van der Waals surface area contributed by atoms with Gasteiger partial charge in [-0.15, -0.1) is 0 Å². The van der Waals surface area contributed by atoms with Crippen LogP contribution >= 0.6 is 0 Å². The van der Waals surface area contributed by atoms with Crippen molar-refractivity contribution in [1.82, 2.24) is 5.32 Å². The highest BCUT2D eigenvalue weighted by Crippen LogP contribution is 2.29. The molecule has 20 heavy (non-hydrogen) atoms. The van der Waals surface area contributed by atoms with Gasteiger partial charge in [-0.05, 0) is 43.6 Å². The summed E-state index contributed by atoms with van der Waals surface area (Å²) in [6.45, 7) is 1.33. The molecule has 1 fully saturated rings. The van der Waals surface area contributed by atoms with E-state index in [1.807, 2.05) is 0 Å². The molecule has 0 saturated carbocycles. The molecule has 2 rings (SSSR count). The van der Waals surface area contributed by atoms with Crippen LogP contribution in [-0.4, -0.2) is 26.8 Å². The van der Waals surface area contributed by atoms with Gasteiger partial charge in [0.2, 0.25) is 0 Å². The fourth-order valence-corrected chi connectivity index (χ4v) is 4.14. The van der Waals surface area contributed by atoms with E-state index in [2.05, 4.69) is 5.32 Å². The molecule has 0 spiro atoms. The minimum absolute atomic E-state index is 0.199. The third-order valence-electron chi connectivity index (χ3n) is 3.44. The number of hydrogen-bond donors (Lipinski definition) is 1. The number of hydrogen-bond acceptors (Lipinski definition) is 3. The lowest BCUT2D eigenvalue weighted by Crippen LogP contribution is -2.36. The van der Waals surface area contributed by atoms with Gasteiger partial charge in [0.1, 0.15) is 0 Å². The average molecular weight is 307 g/mol. The first-order valence-electron chi connectivity index (χ1n) is 6.37. The van der Waals surface area contributed by atoms with E-state index in [-0.39, 0.29) is 5.75 Å². The molecule has 1 N–H and O–H groups in total. The largest absolute Gasteiger partial charge is 0.416 e. The Bertz CT molecular complexity index is 546. The van der Waals surface area contributed by atoms with Crippen molar-refractivity contribution in [3.63, 3.8) is 0 Å². The SMILES string of the molecule is O=S(=O)(Cc1ccc(C(F)(F)F)cc1)C1CCNCC1. The van der Waals surface area contributed by atoms with Crippen LogP contribution in [0.25, 0.3) is 0 Å². The first-order valence-corrected chi connectivity index (χ1v) is 8.09. The van der Waals surface area contributed by atoms with Gasteiger partial charge in [-0.3, -0.25) is 0 Å². The molecule has 0 bridgehead atoms. The van der Waals surface area contributed by atoms with E-state index >= 15 is 0 Å². The number of sulfone groups is 1. The molecule has 7 heteroatoms. The van der Waals surface area contributed by atoms with Crippen molar-refractivity contribution >= 4 is 9.84 Å². The monoisotopic (exact) mass is 307 g/mol. The molecule has 0 amide bonds. The summed E-state index contributed by atoms with van der Waals surface area (Å²) in [5, 5.41) is 2.69. The molecule has 1 aliphatic heterocycles. The Morgan fingerprint density at radius 2 is 1.65 bits per heavy atom. The van der Waals surface area contributed by atoms with Gasteiger partial charge in [0.05, 0.1) is 16.6 Å². The minimum Gasteiger partial charge on any atom is -0.317 e. The summed E-state index contributed by atoms with van der Waals surface area (Å²) in [5.41, 5.74) is -0.364. The summed E-state index contributed by atoms with van der Waals surface area (Å²) >= 11 is 0. The van der Waals surface area contributed by atoms with Crippen LogP contribution in [0.4, 0.5) is 13.2 Å². The Kier molecular flexibility index (Phi) is 4.39. The lowest BCUT2D eigenvalue weighted by Gasteiger charge is -2.22. The van der Waals surface area contributed by atoms with Crippen LogP contribution in [0.1, 0.15) is 24.0 Å². The summed E-state index contributed by atoms with van der Waals surface area (Å²) < 4.78 is 61.6. The van der Waals surface area contributed by atoms with Crippen LogP contribution in [0.15, 0.2) is 24.3 Å². The number of rotatable bonds is 3. The number of nitrogens with one attached hydrogen (secondary N) is 1. The minimum atomic E-state index is -4.40. The molecule has 1 heterocycles. The summed E-state index contributed by atoms with van der Waals surface area (Å²) in [5.74, 6) is -0.199. The van der Waals surface area contributed by atoms with E-state index in [1.54, 1.807) is 0 Å². The smallest absolute Gasteiger partial charge is 0.317 e. The van der Waals surface area contributed by atoms with Crippen LogP contribution in [0.3, 0.4) is 0 Å². The lowest BCUT2D eigenvalue weighted by molar-refractivity contribution is -0.137. The fraction of sp³-hybridized carbons (Fsp3) is 0.538. The van der Waals surface area contributed by atoms with Crippen LogP contribution in [0.2, 0.25) is 0 Å². The van der Waals surface area contributed by atoms with E-state index in [0.29, 0.717) is 31.5 Å². The van der Waals surface area contributed by atoms with Gasteiger partial charge in [-0.1, -0.05) is 12.1 Å². The number of piperidine rings is 1. The second-order valence-corrected chi connectivity index (χ2v) is 7.23. The first-order chi connectivity index (χ1) is 9.29. The predicted molar refractivity (Wildman–Crippen MR) is 70.0 cm³/mol. The van der Waals surface area contributed by atoms with Gasteiger partial charge < -0.3 is 5.32 Å². The Hall–Kier alpha value is -1.08. The third-order valence-corrected chi connectivity index (χ3v) is 5.67. The zero-order chi connectivity index (χ0) is 14.8. The summed E-state index contributed by atoms with van der Waals surface area (Å²) in [6, 6.07) is 4.32. The van der Waals surface area contributed by atoms with Gasteiger partial charge in [-0.25, -0.2) is 8.42 Å². The van der Waals surface area contributed by atoms with E-state index in [1.165, 1.54) is 12.1 Å². The van der Waals surface area contributed by atoms with Crippen molar-refractivity contribution in [2.45, 2.75) is 30.0 Å². The van der Waals surface area contributed by atoms with Crippen LogP contribution in [0, 0.1) is 0 Å².